The van der Waals surface area contributed by atoms with Gasteiger partial charge in [-0.05, 0) is 50.3 Å². The van der Waals surface area contributed by atoms with Crippen LogP contribution in [-0.2, 0) is 6.42 Å². The summed E-state index contributed by atoms with van der Waals surface area (Å²) in [6, 6.07) is 0. The number of halogens is 2. The molecule has 19 heavy (non-hydrogen) atoms. The summed E-state index contributed by atoms with van der Waals surface area (Å²) >= 11 is 6.41. The molecule has 0 bridgehead atoms. The van der Waals surface area contributed by atoms with Crippen molar-refractivity contribution in [2.24, 2.45) is 0 Å². The highest BCUT2D eigenvalue weighted by molar-refractivity contribution is 9.13. The van der Waals surface area contributed by atoms with Gasteiger partial charge in [-0.1, -0.05) is 26.2 Å². The van der Waals surface area contributed by atoms with Gasteiger partial charge in [0.15, 0.2) is 11.5 Å². The zero-order chi connectivity index (χ0) is 14.6. The topological polar surface area (TPSA) is 77.8 Å². The Hall–Kier alpha value is -0.750. The minimum Gasteiger partial charge on any atom is -0.504 e. The van der Waals surface area contributed by atoms with Crippen LogP contribution < -0.4 is 0 Å². The van der Waals surface area contributed by atoms with Crippen molar-refractivity contribution >= 4 is 37.8 Å². The zero-order valence-electron chi connectivity index (χ0n) is 10.5. The van der Waals surface area contributed by atoms with E-state index < -0.39 is 17.5 Å². The van der Waals surface area contributed by atoms with Gasteiger partial charge >= 0.3 is 5.97 Å². The predicted molar refractivity (Wildman–Crippen MR) is 80.0 cm³/mol. The molecular formula is C13H16Br2O4. The Labute approximate surface area is 128 Å². The van der Waals surface area contributed by atoms with E-state index in [1.807, 2.05) is 0 Å². The lowest BCUT2D eigenvalue weighted by atomic mass is 9.99. The van der Waals surface area contributed by atoms with E-state index in [1.54, 1.807) is 0 Å². The van der Waals surface area contributed by atoms with E-state index in [2.05, 4.69) is 38.8 Å². The molecule has 106 valence electrons. The second-order valence-electron chi connectivity index (χ2n) is 4.29. The smallest absolute Gasteiger partial charge is 0.339 e. The lowest BCUT2D eigenvalue weighted by Gasteiger charge is -2.14. The zero-order valence-corrected chi connectivity index (χ0v) is 13.7. The largest absolute Gasteiger partial charge is 0.504 e. The van der Waals surface area contributed by atoms with Crippen LogP contribution in [-0.4, -0.2) is 21.3 Å². The maximum Gasteiger partial charge on any atom is 0.339 e. The molecule has 1 aromatic rings. The Morgan fingerprint density at radius 2 is 1.68 bits per heavy atom. The summed E-state index contributed by atoms with van der Waals surface area (Å²) in [6.07, 6.45) is 4.56. The van der Waals surface area contributed by atoms with Crippen LogP contribution in [0.3, 0.4) is 0 Å². The van der Waals surface area contributed by atoms with E-state index >= 15 is 0 Å². The first-order chi connectivity index (χ1) is 8.91. The van der Waals surface area contributed by atoms with Crippen LogP contribution in [0, 0.1) is 0 Å². The number of carboxylic acid groups (broad SMARTS) is 1. The average molecular weight is 396 g/mol. The minimum atomic E-state index is -1.24. The highest BCUT2D eigenvalue weighted by atomic mass is 79.9. The van der Waals surface area contributed by atoms with Crippen LogP contribution >= 0.6 is 31.9 Å². The van der Waals surface area contributed by atoms with Crippen LogP contribution in [0.5, 0.6) is 11.5 Å². The molecule has 3 N–H and O–H groups in total. The van der Waals surface area contributed by atoms with E-state index in [4.69, 9.17) is 0 Å². The lowest BCUT2D eigenvalue weighted by molar-refractivity contribution is 0.0691. The number of hydrogen-bond donors (Lipinski definition) is 3. The third kappa shape index (κ3) is 3.63. The molecule has 0 aliphatic rings. The Balaban J connectivity index is 3.16. The normalized spacial score (nSPS) is 10.7. The molecule has 1 aromatic carbocycles. The molecule has 0 unspecified atom stereocenters. The number of unbranched alkanes of at least 4 members (excludes halogenated alkanes) is 3. The molecular weight excluding hydrogens is 380 g/mol. The molecule has 0 saturated heterocycles. The summed E-state index contributed by atoms with van der Waals surface area (Å²) in [5.41, 5.74) is 0.273. The van der Waals surface area contributed by atoms with Crippen molar-refractivity contribution < 1.29 is 20.1 Å². The summed E-state index contributed by atoms with van der Waals surface area (Å²) in [5, 5.41) is 28.6. The molecule has 0 fully saturated rings. The van der Waals surface area contributed by atoms with Gasteiger partial charge in [0.1, 0.15) is 5.56 Å². The summed E-state index contributed by atoms with van der Waals surface area (Å²) in [5.74, 6) is -2.29. The lowest BCUT2D eigenvalue weighted by Crippen LogP contribution is -2.05. The summed E-state index contributed by atoms with van der Waals surface area (Å²) in [4.78, 5) is 11.2. The molecule has 0 amide bonds. The van der Waals surface area contributed by atoms with Gasteiger partial charge in [-0.2, -0.15) is 0 Å². The Morgan fingerprint density at radius 1 is 1.05 bits per heavy atom. The minimum absolute atomic E-state index is 0.232. The number of benzene rings is 1. The third-order valence-electron chi connectivity index (χ3n) is 2.92. The molecule has 0 aliphatic heterocycles. The number of carboxylic acids is 1. The van der Waals surface area contributed by atoms with Gasteiger partial charge in [0, 0.05) is 4.47 Å². The molecule has 0 aromatic heterocycles. The Bertz CT molecular complexity index is 486. The third-order valence-corrected chi connectivity index (χ3v) is 5.10. The fourth-order valence-electron chi connectivity index (χ4n) is 1.91. The second kappa shape index (κ2) is 7.14. The van der Waals surface area contributed by atoms with Gasteiger partial charge in [-0.15, -0.1) is 0 Å². The summed E-state index contributed by atoms with van der Waals surface area (Å²) < 4.78 is 0.761. The van der Waals surface area contributed by atoms with Crippen molar-refractivity contribution in [3.8, 4) is 11.5 Å². The van der Waals surface area contributed by atoms with Gasteiger partial charge in [-0.25, -0.2) is 4.79 Å². The highest BCUT2D eigenvalue weighted by Crippen LogP contribution is 2.45. The van der Waals surface area contributed by atoms with Crippen molar-refractivity contribution in [3.63, 3.8) is 0 Å². The van der Waals surface area contributed by atoms with Gasteiger partial charge in [-0.3, -0.25) is 0 Å². The predicted octanol–water partition coefficient (Wildman–Crippen LogP) is 4.44. The van der Waals surface area contributed by atoms with E-state index in [0.29, 0.717) is 16.5 Å². The average Bonchev–Trinajstić information content (AvgIpc) is 2.37. The first-order valence-corrected chi connectivity index (χ1v) is 7.65. The van der Waals surface area contributed by atoms with Crippen LogP contribution in [0.15, 0.2) is 8.95 Å². The first-order valence-electron chi connectivity index (χ1n) is 6.06. The second-order valence-corrected chi connectivity index (χ2v) is 5.88. The molecule has 1 rings (SSSR count). The van der Waals surface area contributed by atoms with Crippen molar-refractivity contribution in [2.75, 3.05) is 0 Å². The summed E-state index contributed by atoms with van der Waals surface area (Å²) in [7, 11) is 0. The van der Waals surface area contributed by atoms with Gasteiger partial charge in [0.2, 0.25) is 0 Å². The van der Waals surface area contributed by atoms with Crippen molar-refractivity contribution in [1.82, 2.24) is 0 Å². The Morgan fingerprint density at radius 3 is 2.21 bits per heavy atom. The fourth-order valence-corrected chi connectivity index (χ4v) is 2.92. The highest BCUT2D eigenvalue weighted by Gasteiger charge is 2.24. The number of hydrogen-bond acceptors (Lipinski definition) is 3. The van der Waals surface area contributed by atoms with E-state index in [9.17, 15) is 20.1 Å². The monoisotopic (exact) mass is 394 g/mol. The number of aromatic carboxylic acids is 1. The van der Waals surface area contributed by atoms with E-state index in [0.717, 1.165) is 25.7 Å². The molecule has 0 heterocycles. The van der Waals surface area contributed by atoms with Crippen LogP contribution in [0.25, 0.3) is 0 Å². The van der Waals surface area contributed by atoms with E-state index in [1.165, 1.54) is 0 Å². The number of rotatable bonds is 6. The van der Waals surface area contributed by atoms with Gasteiger partial charge in [0.25, 0.3) is 0 Å². The number of phenols is 2. The maximum atomic E-state index is 11.2. The molecule has 0 saturated carbocycles. The van der Waals surface area contributed by atoms with E-state index in [-0.39, 0.29) is 10.0 Å². The SMILES string of the molecule is CCCCCCc1c(Br)c(Br)c(O)c(O)c1C(=O)O. The molecule has 0 atom stereocenters. The van der Waals surface area contributed by atoms with Gasteiger partial charge < -0.3 is 15.3 Å². The van der Waals surface area contributed by atoms with Crippen molar-refractivity contribution in [3.05, 3.63) is 20.1 Å². The molecule has 4 nitrogen and oxygen atoms in total. The molecule has 6 heteroatoms. The van der Waals surface area contributed by atoms with Crippen molar-refractivity contribution in [2.45, 2.75) is 39.0 Å². The summed E-state index contributed by atoms with van der Waals surface area (Å²) in [6.45, 7) is 2.10. The number of carbonyl (C=O) groups is 1. The fraction of sp³-hybridized carbons (Fsp3) is 0.462. The van der Waals surface area contributed by atoms with Crippen LogP contribution in [0.4, 0.5) is 0 Å². The molecule has 0 aliphatic carbocycles. The van der Waals surface area contributed by atoms with Crippen LogP contribution in [0.1, 0.15) is 48.5 Å². The number of aromatic hydroxyl groups is 2. The molecule has 0 radical (unpaired) electrons. The van der Waals surface area contributed by atoms with Crippen molar-refractivity contribution in [1.29, 1.82) is 0 Å². The first kappa shape index (κ1) is 16.3. The number of phenolic OH excluding ortho intramolecular Hbond substituents is 1. The quantitative estimate of drug-likeness (QED) is 0.491. The molecule has 0 spiro atoms. The Kier molecular flexibility index (Phi) is 6.13. The van der Waals surface area contributed by atoms with Gasteiger partial charge in [0.05, 0.1) is 4.47 Å². The standard InChI is InChI=1S/C13H16Br2O4/c1-2-3-4-5-6-7-8(13(18)19)11(16)12(17)10(15)9(7)14/h16-17H,2-6H2,1H3,(H,18,19). The maximum absolute atomic E-state index is 11.2. The van der Waals surface area contributed by atoms with Crippen LogP contribution in [0.2, 0.25) is 0 Å².